The molecule has 1 unspecified atom stereocenters. The number of aromatic nitrogens is 1. The Morgan fingerprint density at radius 2 is 2.07 bits per heavy atom. The predicted octanol–water partition coefficient (Wildman–Crippen LogP) is 1.28. The largest absolute Gasteiger partial charge is 0.273 e. The number of amides is 1. The highest BCUT2D eigenvalue weighted by atomic mass is 16.2. The molecule has 78 valence electrons. The minimum Gasteiger partial charge on any atom is -0.273 e. The van der Waals surface area contributed by atoms with Crippen molar-refractivity contribution < 1.29 is 4.79 Å². The van der Waals surface area contributed by atoms with Crippen molar-refractivity contribution in [3.63, 3.8) is 0 Å². The molecule has 0 spiro atoms. The number of carbonyl (C=O) groups is 1. The quantitative estimate of drug-likeness (QED) is 0.690. The first-order valence-corrected chi connectivity index (χ1v) is 4.94. The Balaban J connectivity index is 2.32. The van der Waals surface area contributed by atoms with Crippen molar-refractivity contribution in [2.45, 2.75) is 13.3 Å². The molecule has 4 nitrogen and oxygen atoms in total. The van der Waals surface area contributed by atoms with Gasteiger partial charge in [-0.05, 0) is 12.1 Å². The Hall–Kier alpha value is -1.71. The number of hydrogen-bond donors (Lipinski definition) is 0. The smallest absolute Gasteiger partial charge is 0.245 e. The van der Waals surface area contributed by atoms with Gasteiger partial charge in [0.1, 0.15) is 0 Å². The first kappa shape index (κ1) is 9.83. The molecule has 0 saturated heterocycles. The van der Waals surface area contributed by atoms with Crippen LogP contribution in [0.4, 0.5) is 0 Å². The lowest BCUT2D eigenvalue weighted by Gasteiger charge is -2.24. The van der Waals surface area contributed by atoms with E-state index in [1.54, 1.807) is 19.4 Å². The molecule has 1 amide bonds. The number of pyridine rings is 1. The van der Waals surface area contributed by atoms with Crippen LogP contribution in [0.5, 0.6) is 0 Å². The van der Waals surface area contributed by atoms with Gasteiger partial charge < -0.3 is 0 Å². The van der Waals surface area contributed by atoms with Crippen LogP contribution < -0.4 is 0 Å². The first-order valence-electron chi connectivity index (χ1n) is 4.94. The molecule has 0 radical (unpaired) electrons. The number of hydrogen-bond acceptors (Lipinski definition) is 3. The van der Waals surface area contributed by atoms with E-state index in [4.69, 9.17) is 0 Å². The van der Waals surface area contributed by atoms with E-state index in [0.717, 1.165) is 11.3 Å². The number of nitrogens with zero attached hydrogens (tertiary/aromatic N) is 3. The van der Waals surface area contributed by atoms with E-state index in [2.05, 4.69) is 10.1 Å². The van der Waals surface area contributed by atoms with Crippen molar-refractivity contribution in [3.8, 4) is 0 Å². The van der Waals surface area contributed by atoms with Gasteiger partial charge in [-0.1, -0.05) is 6.92 Å². The Labute approximate surface area is 88.6 Å². The van der Waals surface area contributed by atoms with E-state index in [1.165, 1.54) is 5.01 Å². The molecule has 0 fully saturated rings. The van der Waals surface area contributed by atoms with Crippen LogP contribution in [0, 0.1) is 5.92 Å². The van der Waals surface area contributed by atoms with Gasteiger partial charge in [-0.25, -0.2) is 5.01 Å². The zero-order valence-electron chi connectivity index (χ0n) is 8.84. The molecule has 2 heterocycles. The van der Waals surface area contributed by atoms with E-state index in [1.807, 2.05) is 19.1 Å². The summed E-state index contributed by atoms with van der Waals surface area (Å²) in [5.74, 6) is 0.0865. The minimum atomic E-state index is 0.00988. The predicted molar refractivity (Wildman–Crippen MR) is 57.3 cm³/mol. The van der Waals surface area contributed by atoms with Crippen LogP contribution in [0.25, 0.3) is 0 Å². The lowest BCUT2D eigenvalue weighted by molar-refractivity contribution is -0.134. The lowest BCUT2D eigenvalue weighted by atomic mass is 9.97. The second kappa shape index (κ2) is 3.81. The van der Waals surface area contributed by atoms with Crippen molar-refractivity contribution in [2.75, 3.05) is 7.05 Å². The topological polar surface area (TPSA) is 45.6 Å². The molecule has 4 heteroatoms. The molecule has 1 aliphatic heterocycles. The summed E-state index contributed by atoms with van der Waals surface area (Å²) in [5.41, 5.74) is 1.99. The number of carbonyl (C=O) groups excluding carboxylic acids is 1. The summed E-state index contributed by atoms with van der Waals surface area (Å²) in [4.78, 5) is 15.5. The van der Waals surface area contributed by atoms with Crippen LogP contribution in [-0.2, 0) is 4.79 Å². The molecule has 15 heavy (non-hydrogen) atoms. The van der Waals surface area contributed by atoms with Crippen molar-refractivity contribution in [1.82, 2.24) is 9.99 Å². The van der Waals surface area contributed by atoms with Crippen molar-refractivity contribution in [3.05, 3.63) is 30.1 Å². The maximum absolute atomic E-state index is 11.5. The van der Waals surface area contributed by atoms with Gasteiger partial charge >= 0.3 is 0 Å². The van der Waals surface area contributed by atoms with Crippen LogP contribution in [0.3, 0.4) is 0 Å². The number of hydrazone groups is 1. The Morgan fingerprint density at radius 1 is 1.40 bits per heavy atom. The monoisotopic (exact) mass is 203 g/mol. The maximum atomic E-state index is 11.5. The fraction of sp³-hybridized carbons (Fsp3) is 0.364. The van der Waals surface area contributed by atoms with Crippen LogP contribution in [0.1, 0.15) is 18.9 Å². The van der Waals surface area contributed by atoms with Gasteiger partial charge in [0.25, 0.3) is 0 Å². The molecular formula is C11H13N3O. The molecule has 0 aliphatic carbocycles. The highest BCUT2D eigenvalue weighted by Crippen LogP contribution is 2.18. The van der Waals surface area contributed by atoms with Crippen molar-refractivity contribution in [2.24, 2.45) is 11.0 Å². The van der Waals surface area contributed by atoms with Gasteiger partial charge in [0.2, 0.25) is 5.91 Å². The minimum absolute atomic E-state index is 0.00988. The van der Waals surface area contributed by atoms with Gasteiger partial charge in [0.05, 0.1) is 5.71 Å². The molecule has 1 aromatic rings. The summed E-state index contributed by atoms with van der Waals surface area (Å²) >= 11 is 0. The summed E-state index contributed by atoms with van der Waals surface area (Å²) in [7, 11) is 1.69. The van der Waals surface area contributed by atoms with Crippen LogP contribution >= 0.6 is 0 Å². The molecule has 1 aromatic heterocycles. The maximum Gasteiger partial charge on any atom is 0.245 e. The van der Waals surface area contributed by atoms with Crippen molar-refractivity contribution >= 4 is 11.6 Å². The Kier molecular flexibility index (Phi) is 2.49. The second-order valence-corrected chi connectivity index (χ2v) is 3.75. The van der Waals surface area contributed by atoms with Crippen LogP contribution in [0.15, 0.2) is 29.6 Å². The Bertz CT molecular complexity index is 400. The third-order valence-electron chi connectivity index (χ3n) is 2.52. The molecule has 0 N–H and O–H groups in total. The van der Waals surface area contributed by atoms with E-state index in [0.29, 0.717) is 6.42 Å². The molecule has 2 rings (SSSR count). The fourth-order valence-electron chi connectivity index (χ4n) is 1.69. The highest BCUT2D eigenvalue weighted by Gasteiger charge is 2.25. The van der Waals surface area contributed by atoms with Gasteiger partial charge in [-0.3, -0.25) is 9.78 Å². The van der Waals surface area contributed by atoms with Gasteiger partial charge in [0.15, 0.2) is 0 Å². The SMILES string of the molecule is CC1CC(c2ccncc2)=NN(C)C1=O. The van der Waals surface area contributed by atoms with E-state index >= 15 is 0 Å². The van der Waals surface area contributed by atoms with E-state index in [-0.39, 0.29) is 11.8 Å². The molecular weight excluding hydrogens is 190 g/mol. The number of rotatable bonds is 1. The van der Waals surface area contributed by atoms with E-state index in [9.17, 15) is 4.79 Å². The average Bonchev–Trinajstić information content (AvgIpc) is 2.26. The highest BCUT2D eigenvalue weighted by molar-refractivity contribution is 6.04. The fourth-order valence-corrected chi connectivity index (χ4v) is 1.69. The van der Waals surface area contributed by atoms with Crippen LogP contribution in [0.2, 0.25) is 0 Å². The normalized spacial score (nSPS) is 21.5. The first-order chi connectivity index (χ1) is 7.18. The standard InChI is InChI=1S/C11H13N3O/c1-8-7-10(13-14(2)11(8)15)9-3-5-12-6-4-9/h3-6,8H,7H2,1-2H3. The summed E-state index contributed by atoms with van der Waals surface area (Å²) in [5, 5.41) is 5.68. The molecule has 1 atom stereocenters. The van der Waals surface area contributed by atoms with E-state index < -0.39 is 0 Å². The zero-order chi connectivity index (χ0) is 10.8. The third-order valence-corrected chi connectivity index (χ3v) is 2.52. The molecule has 0 aromatic carbocycles. The third kappa shape index (κ3) is 1.88. The van der Waals surface area contributed by atoms with Crippen LogP contribution in [-0.4, -0.2) is 28.7 Å². The summed E-state index contributed by atoms with van der Waals surface area (Å²) < 4.78 is 0. The Morgan fingerprint density at radius 3 is 2.67 bits per heavy atom. The average molecular weight is 203 g/mol. The molecule has 1 aliphatic rings. The van der Waals surface area contributed by atoms with Crippen molar-refractivity contribution in [1.29, 1.82) is 0 Å². The zero-order valence-corrected chi connectivity index (χ0v) is 8.84. The summed E-state index contributed by atoms with van der Waals surface area (Å²) in [6.07, 6.45) is 4.17. The van der Waals surface area contributed by atoms with Gasteiger partial charge in [-0.2, -0.15) is 5.10 Å². The summed E-state index contributed by atoms with van der Waals surface area (Å²) in [6.45, 7) is 1.93. The molecule has 0 saturated carbocycles. The van der Waals surface area contributed by atoms with Gasteiger partial charge in [0, 0.05) is 37.3 Å². The second-order valence-electron chi connectivity index (χ2n) is 3.75. The lowest BCUT2D eigenvalue weighted by Crippen LogP contribution is -2.34. The molecule has 0 bridgehead atoms. The van der Waals surface area contributed by atoms with Gasteiger partial charge in [-0.15, -0.1) is 0 Å². The summed E-state index contributed by atoms with van der Waals surface area (Å²) in [6, 6.07) is 3.82.